The molecule has 2 aromatic heterocycles. The van der Waals surface area contributed by atoms with Crippen LogP contribution in [0.1, 0.15) is 26.7 Å². The summed E-state index contributed by atoms with van der Waals surface area (Å²) in [5.41, 5.74) is 0. The van der Waals surface area contributed by atoms with Gasteiger partial charge in [-0.25, -0.2) is 13.4 Å². The molecule has 1 aliphatic rings. The molecule has 1 unspecified atom stereocenters. The van der Waals surface area contributed by atoms with Crippen molar-refractivity contribution in [1.29, 1.82) is 0 Å². The lowest BCUT2D eigenvalue weighted by molar-refractivity contribution is 0.406. The first-order chi connectivity index (χ1) is 9.55. The van der Waals surface area contributed by atoms with Gasteiger partial charge in [0.2, 0.25) is 0 Å². The normalized spacial score (nSPS) is 20.8. The zero-order valence-corrected chi connectivity index (χ0v) is 13.2. The summed E-state index contributed by atoms with van der Waals surface area (Å²) in [5, 5.41) is 5.18. The first-order valence-corrected chi connectivity index (χ1v) is 9.09. The molecule has 1 atom stereocenters. The highest BCUT2D eigenvalue weighted by Gasteiger charge is 2.37. The Labute approximate surface area is 122 Å². The average molecular weight is 314 g/mol. The molecular formula is C12H18N4O2S2. The van der Waals surface area contributed by atoms with E-state index >= 15 is 0 Å². The Morgan fingerprint density at radius 3 is 3.00 bits per heavy atom. The smallest absolute Gasteiger partial charge is 0.263 e. The molecule has 0 aromatic carbocycles. The van der Waals surface area contributed by atoms with Crippen molar-refractivity contribution >= 4 is 32.1 Å². The second-order valence-electron chi connectivity index (χ2n) is 4.96. The first-order valence-electron chi connectivity index (χ1n) is 6.77. The van der Waals surface area contributed by atoms with Crippen LogP contribution in [0.25, 0.3) is 4.96 Å². The van der Waals surface area contributed by atoms with Crippen LogP contribution in [0.2, 0.25) is 0 Å². The number of sulfonamides is 1. The van der Waals surface area contributed by atoms with Crippen LogP contribution in [0.4, 0.5) is 5.82 Å². The van der Waals surface area contributed by atoms with Gasteiger partial charge >= 0.3 is 0 Å². The molecular weight excluding hydrogens is 296 g/mol. The number of aromatic nitrogens is 2. The van der Waals surface area contributed by atoms with Gasteiger partial charge in [0.05, 0.1) is 0 Å². The van der Waals surface area contributed by atoms with Crippen LogP contribution in [0.5, 0.6) is 0 Å². The van der Waals surface area contributed by atoms with E-state index in [0.717, 1.165) is 12.8 Å². The summed E-state index contributed by atoms with van der Waals surface area (Å²) in [6, 6.07) is 0.0543. The predicted molar refractivity (Wildman–Crippen MR) is 79.8 cm³/mol. The molecule has 3 rings (SSSR count). The quantitative estimate of drug-likeness (QED) is 0.937. The summed E-state index contributed by atoms with van der Waals surface area (Å²) < 4.78 is 29.1. The number of thiazole rings is 1. The van der Waals surface area contributed by atoms with Crippen molar-refractivity contribution in [1.82, 2.24) is 13.7 Å². The SMILES string of the molecule is CCNc1nc2sccn2c1S(=O)(=O)N1CCCC1C. The third-order valence-electron chi connectivity index (χ3n) is 3.61. The summed E-state index contributed by atoms with van der Waals surface area (Å²) in [6.45, 7) is 5.13. The van der Waals surface area contributed by atoms with Gasteiger partial charge in [-0.2, -0.15) is 4.31 Å². The van der Waals surface area contributed by atoms with Gasteiger partial charge in [0.15, 0.2) is 15.8 Å². The molecule has 0 spiro atoms. The lowest BCUT2D eigenvalue weighted by Gasteiger charge is -2.21. The van der Waals surface area contributed by atoms with E-state index in [1.807, 2.05) is 19.2 Å². The Morgan fingerprint density at radius 2 is 2.35 bits per heavy atom. The zero-order valence-electron chi connectivity index (χ0n) is 11.5. The maximum atomic E-state index is 12.9. The molecule has 110 valence electrons. The van der Waals surface area contributed by atoms with E-state index in [2.05, 4.69) is 10.3 Å². The summed E-state index contributed by atoms with van der Waals surface area (Å²) in [6.07, 6.45) is 3.60. The molecule has 0 bridgehead atoms. The van der Waals surface area contributed by atoms with Gasteiger partial charge in [0.1, 0.15) is 0 Å². The zero-order chi connectivity index (χ0) is 14.3. The van der Waals surface area contributed by atoms with Crippen LogP contribution in [0.15, 0.2) is 16.6 Å². The molecule has 6 nitrogen and oxygen atoms in total. The van der Waals surface area contributed by atoms with Crippen molar-refractivity contribution in [2.75, 3.05) is 18.4 Å². The molecule has 3 heterocycles. The number of nitrogens with one attached hydrogen (secondary N) is 1. The molecule has 0 saturated carbocycles. The van der Waals surface area contributed by atoms with Crippen molar-refractivity contribution in [3.05, 3.63) is 11.6 Å². The highest BCUT2D eigenvalue weighted by molar-refractivity contribution is 7.89. The minimum Gasteiger partial charge on any atom is -0.368 e. The molecule has 1 saturated heterocycles. The Kier molecular flexibility index (Phi) is 3.47. The van der Waals surface area contributed by atoms with Crippen LogP contribution in [-0.2, 0) is 10.0 Å². The van der Waals surface area contributed by atoms with E-state index in [4.69, 9.17) is 0 Å². The number of nitrogens with zero attached hydrogens (tertiary/aromatic N) is 3. The molecule has 1 aliphatic heterocycles. The van der Waals surface area contributed by atoms with Crippen LogP contribution < -0.4 is 5.32 Å². The Hall–Kier alpha value is -1.12. The van der Waals surface area contributed by atoms with E-state index in [0.29, 0.717) is 23.9 Å². The Bertz CT molecular complexity index is 719. The summed E-state index contributed by atoms with van der Waals surface area (Å²) >= 11 is 1.44. The van der Waals surface area contributed by atoms with Crippen LogP contribution >= 0.6 is 11.3 Å². The molecule has 0 radical (unpaired) electrons. The molecule has 20 heavy (non-hydrogen) atoms. The minimum atomic E-state index is -3.52. The third-order valence-corrected chi connectivity index (χ3v) is 6.40. The molecule has 1 N–H and O–H groups in total. The third kappa shape index (κ3) is 2.02. The Balaban J connectivity index is 2.16. The first kappa shape index (κ1) is 13.8. The highest BCUT2D eigenvalue weighted by atomic mass is 32.2. The number of hydrogen-bond acceptors (Lipinski definition) is 5. The van der Waals surface area contributed by atoms with Crippen LogP contribution in [-0.4, -0.2) is 41.2 Å². The van der Waals surface area contributed by atoms with Crippen molar-refractivity contribution < 1.29 is 8.42 Å². The molecule has 0 amide bonds. The lowest BCUT2D eigenvalue weighted by atomic mass is 10.3. The van der Waals surface area contributed by atoms with Gasteiger partial charge in [-0.1, -0.05) is 0 Å². The maximum absolute atomic E-state index is 12.9. The fourth-order valence-electron chi connectivity index (χ4n) is 2.67. The summed E-state index contributed by atoms with van der Waals surface area (Å²) in [7, 11) is -3.52. The largest absolute Gasteiger partial charge is 0.368 e. The van der Waals surface area contributed by atoms with Crippen molar-refractivity contribution in [2.45, 2.75) is 37.8 Å². The number of fused-ring (bicyclic) bond motifs is 1. The van der Waals surface area contributed by atoms with Crippen molar-refractivity contribution in [2.24, 2.45) is 0 Å². The average Bonchev–Trinajstić information content (AvgIpc) is 3.03. The second kappa shape index (κ2) is 5.01. The fraction of sp³-hybridized carbons (Fsp3) is 0.583. The minimum absolute atomic E-state index is 0.0543. The van der Waals surface area contributed by atoms with E-state index in [-0.39, 0.29) is 11.1 Å². The summed E-state index contributed by atoms with van der Waals surface area (Å²) in [4.78, 5) is 5.09. The molecule has 8 heteroatoms. The van der Waals surface area contributed by atoms with Crippen LogP contribution in [0, 0.1) is 0 Å². The van der Waals surface area contributed by atoms with Gasteiger partial charge < -0.3 is 5.32 Å². The van der Waals surface area contributed by atoms with E-state index in [1.54, 1.807) is 14.9 Å². The van der Waals surface area contributed by atoms with Crippen molar-refractivity contribution in [3.8, 4) is 0 Å². The van der Waals surface area contributed by atoms with Crippen LogP contribution in [0.3, 0.4) is 0 Å². The van der Waals surface area contributed by atoms with Gasteiger partial charge in [-0.15, -0.1) is 11.3 Å². The molecule has 2 aromatic rings. The number of imidazole rings is 1. The van der Waals surface area contributed by atoms with Gasteiger partial charge in [-0.05, 0) is 26.7 Å². The number of hydrogen-bond donors (Lipinski definition) is 1. The van der Waals surface area contributed by atoms with Gasteiger partial charge in [0, 0.05) is 30.7 Å². The van der Waals surface area contributed by atoms with E-state index in [9.17, 15) is 8.42 Å². The predicted octanol–water partition coefficient (Wildman–Crippen LogP) is 2.00. The number of rotatable bonds is 4. The fourth-order valence-corrected chi connectivity index (χ4v) is 5.37. The van der Waals surface area contributed by atoms with Crippen molar-refractivity contribution in [3.63, 3.8) is 0 Å². The van der Waals surface area contributed by atoms with E-state index < -0.39 is 10.0 Å². The number of anilines is 1. The topological polar surface area (TPSA) is 66.7 Å². The molecule has 1 fully saturated rings. The monoisotopic (exact) mass is 314 g/mol. The maximum Gasteiger partial charge on any atom is 0.263 e. The molecule has 0 aliphatic carbocycles. The van der Waals surface area contributed by atoms with E-state index in [1.165, 1.54) is 11.3 Å². The standard InChI is InChI=1S/C12H18N4O2S2/c1-3-13-10-11(15-7-8-19-12(15)14-10)20(17,18)16-6-4-5-9(16)2/h7-9,13H,3-6H2,1-2H3. The summed E-state index contributed by atoms with van der Waals surface area (Å²) in [5.74, 6) is 0.457. The lowest BCUT2D eigenvalue weighted by Crippen LogP contribution is -2.34. The Morgan fingerprint density at radius 1 is 1.55 bits per heavy atom. The van der Waals surface area contributed by atoms with Gasteiger partial charge in [0.25, 0.3) is 10.0 Å². The highest BCUT2D eigenvalue weighted by Crippen LogP contribution is 2.31. The van der Waals surface area contributed by atoms with Gasteiger partial charge in [-0.3, -0.25) is 4.40 Å². The second-order valence-corrected chi connectivity index (χ2v) is 7.64.